The van der Waals surface area contributed by atoms with Crippen molar-refractivity contribution < 1.29 is 42.9 Å². The fourth-order valence-corrected chi connectivity index (χ4v) is 9.19. The zero-order chi connectivity index (χ0) is 25.9. The number of epoxide rings is 1. The molecule has 9 atom stereocenters. The minimum absolute atomic E-state index is 0.00559. The largest absolute Gasteiger partial charge is 0.472 e. The molecule has 9 unspecified atom stereocenters. The van der Waals surface area contributed by atoms with E-state index < -0.39 is 57.7 Å². The lowest BCUT2D eigenvalue weighted by atomic mass is 9.37. The average molecular weight is 503 g/mol. The number of aliphatic hydroxyl groups excluding tert-OH is 1. The number of fused-ring (bicyclic) bond motifs is 3. The molecule has 0 amide bonds. The third kappa shape index (κ3) is 2.50. The van der Waals surface area contributed by atoms with Crippen LogP contribution in [0.4, 0.5) is 0 Å². The Morgan fingerprint density at radius 1 is 1.14 bits per heavy atom. The second-order valence-electron chi connectivity index (χ2n) is 12.3. The monoisotopic (exact) mass is 502 g/mol. The van der Waals surface area contributed by atoms with E-state index in [0.717, 1.165) is 5.56 Å². The van der Waals surface area contributed by atoms with Gasteiger partial charge in [0.1, 0.15) is 17.5 Å². The van der Waals surface area contributed by atoms with Gasteiger partial charge in [0.2, 0.25) is 0 Å². The molecule has 196 valence electrons. The van der Waals surface area contributed by atoms with Crippen LogP contribution in [0, 0.1) is 28.1 Å². The molecular weight excluding hydrogens is 468 g/mol. The first kappa shape index (κ1) is 24.1. The predicted octanol–water partition coefficient (Wildman–Crippen LogP) is 2.75. The molecule has 2 aliphatic carbocycles. The molecule has 9 heteroatoms. The summed E-state index contributed by atoms with van der Waals surface area (Å²) in [5.41, 5.74) is -3.75. The molecule has 5 aliphatic rings. The Morgan fingerprint density at radius 2 is 1.89 bits per heavy atom. The number of hydrogen-bond acceptors (Lipinski definition) is 9. The van der Waals surface area contributed by atoms with Gasteiger partial charge in [-0.2, -0.15) is 0 Å². The van der Waals surface area contributed by atoms with Gasteiger partial charge in [0.15, 0.2) is 6.10 Å². The molecule has 1 spiro atoms. The highest BCUT2D eigenvalue weighted by Crippen LogP contribution is 2.79. The molecule has 1 aromatic rings. The van der Waals surface area contributed by atoms with Crippen molar-refractivity contribution >= 4 is 17.7 Å². The Kier molecular flexibility index (Phi) is 4.83. The number of carbonyl (C=O) groups excluding carboxylic acids is 3. The van der Waals surface area contributed by atoms with Crippen LogP contribution in [0.2, 0.25) is 0 Å². The minimum Gasteiger partial charge on any atom is -0.472 e. The van der Waals surface area contributed by atoms with Gasteiger partial charge in [-0.1, -0.05) is 6.92 Å². The van der Waals surface area contributed by atoms with Crippen LogP contribution >= 0.6 is 0 Å². The molecule has 3 aliphatic heterocycles. The van der Waals surface area contributed by atoms with Crippen LogP contribution in [0.25, 0.3) is 0 Å². The number of carbonyl (C=O) groups is 3. The fraction of sp³-hybridized carbons (Fsp3) is 0.741. The van der Waals surface area contributed by atoms with E-state index in [9.17, 15) is 19.5 Å². The zero-order valence-corrected chi connectivity index (χ0v) is 21.4. The highest BCUT2D eigenvalue weighted by molar-refractivity contribution is 5.93. The molecule has 2 saturated carbocycles. The lowest BCUT2D eigenvalue weighted by molar-refractivity contribution is -0.218. The van der Waals surface area contributed by atoms with Crippen LogP contribution in [0.5, 0.6) is 0 Å². The molecule has 5 fully saturated rings. The van der Waals surface area contributed by atoms with Crippen molar-refractivity contribution in [3.63, 3.8) is 0 Å². The van der Waals surface area contributed by atoms with Crippen LogP contribution in [0.1, 0.15) is 65.0 Å². The zero-order valence-electron chi connectivity index (χ0n) is 21.4. The standard InChI is InChI=1S/C27H34O9/c1-23(2)16-10-17(29)25(4)15(26(16,13-28)18(35-23)11-19(30)32-5)6-8-24(3)20(14-7-9-33-12-14)34-22(31)21-27(24,25)36-21/h7,9,12,15-16,18,20-21,28H,6,8,10-11,13H2,1-5H3. The van der Waals surface area contributed by atoms with Gasteiger partial charge in [-0.05, 0) is 45.6 Å². The molecule has 0 aromatic carbocycles. The van der Waals surface area contributed by atoms with Gasteiger partial charge >= 0.3 is 11.9 Å². The third-order valence-corrected chi connectivity index (χ3v) is 10.8. The summed E-state index contributed by atoms with van der Waals surface area (Å²) >= 11 is 0. The first-order valence-corrected chi connectivity index (χ1v) is 12.7. The number of esters is 2. The molecule has 36 heavy (non-hydrogen) atoms. The summed E-state index contributed by atoms with van der Waals surface area (Å²) < 4.78 is 29.0. The summed E-state index contributed by atoms with van der Waals surface area (Å²) in [6.45, 7) is 7.53. The van der Waals surface area contributed by atoms with Gasteiger partial charge in [-0.15, -0.1) is 0 Å². The number of aliphatic hydroxyl groups is 1. The number of Topliss-reactive ketones (excluding diaryl/α,β-unsaturated/α-hetero) is 1. The van der Waals surface area contributed by atoms with Gasteiger partial charge in [0.25, 0.3) is 0 Å². The van der Waals surface area contributed by atoms with Gasteiger partial charge < -0.3 is 28.5 Å². The lowest BCUT2D eigenvalue weighted by Crippen LogP contribution is -2.72. The summed E-state index contributed by atoms with van der Waals surface area (Å²) in [6, 6.07) is 1.78. The summed E-state index contributed by atoms with van der Waals surface area (Å²) in [6.07, 6.45) is 2.31. The smallest absolute Gasteiger partial charge is 0.339 e. The van der Waals surface area contributed by atoms with E-state index >= 15 is 0 Å². The Bertz CT molecular complexity index is 1130. The number of ether oxygens (including phenoxy) is 4. The van der Waals surface area contributed by atoms with E-state index in [1.54, 1.807) is 18.6 Å². The number of rotatable bonds is 4. The first-order chi connectivity index (χ1) is 16.9. The molecule has 6 rings (SSSR count). The lowest BCUT2D eigenvalue weighted by Gasteiger charge is -2.64. The van der Waals surface area contributed by atoms with E-state index in [1.807, 2.05) is 27.7 Å². The van der Waals surface area contributed by atoms with Crippen molar-refractivity contribution in [3.05, 3.63) is 24.2 Å². The maximum atomic E-state index is 14.3. The second-order valence-corrected chi connectivity index (χ2v) is 12.3. The number of cyclic esters (lactones) is 1. The normalized spacial score (nSPS) is 48.2. The molecule has 4 heterocycles. The van der Waals surface area contributed by atoms with Gasteiger partial charge in [0, 0.05) is 28.7 Å². The van der Waals surface area contributed by atoms with Crippen LogP contribution in [0.3, 0.4) is 0 Å². The van der Waals surface area contributed by atoms with E-state index in [0.29, 0.717) is 12.8 Å². The van der Waals surface area contributed by atoms with E-state index in [4.69, 9.17) is 23.4 Å². The van der Waals surface area contributed by atoms with Crippen molar-refractivity contribution in [3.8, 4) is 0 Å². The fourth-order valence-electron chi connectivity index (χ4n) is 9.19. The Balaban J connectivity index is 1.52. The molecule has 0 radical (unpaired) electrons. The highest BCUT2D eigenvalue weighted by Gasteiger charge is 2.89. The molecule has 3 saturated heterocycles. The molecule has 0 bridgehead atoms. The van der Waals surface area contributed by atoms with Gasteiger partial charge in [0.05, 0.1) is 49.8 Å². The van der Waals surface area contributed by atoms with E-state index in [1.165, 1.54) is 7.11 Å². The quantitative estimate of drug-likeness (QED) is 0.489. The Hall–Kier alpha value is -2.23. The number of ketones is 1. The van der Waals surface area contributed by atoms with Gasteiger partial charge in [-0.25, -0.2) is 4.79 Å². The maximum absolute atomic E-state index is 14.3. The van der Waals surface area contributed by atoms with Crippen LogP contribution in [0.15, 0.2) is 23.0 Å². The number of furan rings is 1. The van der Waals surface area contributed by atoms with E-state index in [2.05, 4.69) is 0 Å². The Labute approximate surface area is 209 Å². The van der Waals surface area contributed by atoms with Crippen molar-refractivity contribution in [2.24, 2.45) is 28.1 Å². The molecule has 1 aromatic heterocycles. The first-order valence-electron chi connectivity index (χ1n) is 12.7. The summed E-state index contributed by atoms with van der Waals surface area (Å²) in [5, 5.41) is 11.1. The highest BCUT2D eigenvalue weighted by atomic mass is 16.7. The van der Waals surface area contributed by atoms with Crippen LogP contribution in [-0.4, -0.2) is 60.0 Å². The summed E-state index contributed by atoms with van der Waals surface area (Å²) in [7, 11) is 1.33. The second kappa shape index (κ2) is 7.20. The molecular formula is C27H34O9. The third-order valence-electron chi connectivity index (χ3n) is 10.8. The van der Waals surface area contributed by atoms with Crippen molar-refractivity contribution in [1.82, 2.24) is 0 Å². The molecule has 1 N–H and O–H groups in total. The SMILES string of the molecule is COC(=O)CC1OC(C)(C)C2CC(=O)C3(C)C(CCC4(C)C(c5ccoc5)OC(=O)C5OC543)C12CO. The minimum atomic E-state index is -1.09. The van der Waals surface area contributed by atoms with Crippen LogP contribution in [-0.2, 0) is 33.3 Å². The van der Waals surface area contributed by atoms with Crippen molar-refractivity contribution in [2.45, 2.75) is 82.9 Å². The van der Waals surface area contributed by atoms with Crippen molar-refractivity contribution in [1.29, 1.82) is 0 Å². The van der Waals surface area contributed by atoms with Gasteiger partial charge in [-0.3, -0.25) is 9.59 Å². The molecule has 9 nitrogen and oxygen atoms in total. The summed E-state index contributed by atoms with van der Waals surface area (Å²) in [5.74, 6) is -1.57. The number of hydrogen-bond donors (Lipinski definition) is 1. The van der Waals surface area contributed by atoms with Crippen molar-refractivity contribution in [2.75, 3.05) is 13.7 Å². The topological polar surface area (TPSA) is 125 Å². The predicted molar refractivity (Wildman–Crippen MR) is 122 cm³/mol. The van der Waals surface area contributed by atoms with E-state index in [-0.39, 0.29) is 37.1 Å². The van der Waals surface area contributed by atoms with Crippen LogP contribution < -0.4 is 0 Å². The number of methoxy groups -OCH3 is 1. The maximum Gasteiger partial charge on any atom is 0.339 e. The summed E-state index contributed by atoms with van der Waals surface area (Å²) in [4.78, 5) is 39.9. The Morgan fingerprint density at radius 3 is 2.53 bits per heavy atom. The average Bonchev–Trinajstić information content (AvgIpc) is 3.33.